The first-order chi connectivity index (χ1) is 12.2. The zero-order valence-electron chi connectivity index (χ0n) is 13.0. The summed E-state index contributed by atoms with van der Waals surface area (Å²) in [5, 5.41) is 12.8. The van der Waals surface area contributed by atoms with Crippen molar-refractivity contribution in [2.24, 2.45) is 0 Å². The van der Waals surface area contributed by atoms with Gasteiger partial charge in [0, 0.05) is 5.39 Å². The predicted octanol–water partition coefficient (Wildman–Crippen LogP) is 3.86. The minimum Gasteiger partial charge on any atom is -0.309 e. The van der Waals surface area contributed by atoms with Gasteiger partial charge in [-0.3, -0.25) is 14.5 Å². The van der Waals surface area contributed by atoms with Gasteiger partial charge in [0.05, 0.1) is 10.4 Å². The lowest BCUT2D eigenvalue weighted by Crippen LogP contribution is -2.20. The highest BCUT2D eigenvalue weighted by atomic mass is 32.1. The van der Waals surface area contributed by atoms with Gasteiger partial charge in [-0.05, 0) is 41.9 Å². The maximum atomic E-state index is 12.4. The van der Waals surface area contributed by atoms with E-state index in [1.54, 1.807) is 22.0 Å². The number of aromatic nitrogens is 4. The van der Waals surface area contributed by atoms with Crippen LogP contribution in [0.15, 0.2) is 53.9 Å². The number of rotatable bonds is 4. The van der Waals surface area contributed by atoms with Gasteiger partial charge in [-0.1, -0.05) is 24.3 Å². The van der Waals surface area contributed by atoms with Crippen LogP contribution in [-0.4, -0.2) is 25.7 Å². The van der Waals surface area contributed by atoms with Crippen LogP contribution >= 0.6 is 23.6 Å². The van der Waals surface area contributed by atoms with Crippen molar-refractivity contribution in [2.75, 3.05) is 5.32 Å². The number of nitrogens with one attached hydrogen (secondary N) is 2. The molecule has 25 heavy (non-hydrogen) atoms. The molecule has 0 saturated carbocycles. The van der Waals surface area contributed by atoms with Crippen molar-refractivity contribution in [1.29, 1.82) is 0 Å². The third-order valence-corrected chi connectivity index (χ3v) is 4.84. The number of carbonyl (C=O) groups excluding carboxylic acids is 1. The Kier molecular flexibility index (Phi) is 4.12. The smallest absolute Gasteiger partial charge is 0.245 e. The maximum absolute atomic E-state index is 12.4. The quantitative estimate of drug-likeness (QED) is 0.537. The summed E-state index contributed by atoms with van der Waals surface area (Å²) in [7, 11) is 0. The summed E-state index contributed by atoms with van der Waals surface area (Å²) in [6, 6.07) is 15.3. The molecule has 0 unspecified atom stereocenters. The molecule has 2 N–H and O–H groups in total. The van der Waals surface area contributed by atoms with Crippen molar-refractivity contribution in [3.63, 3.8) is 0 Å². The summed E-state index contributed by atoms with van der Waals surface area (Å²) >= 11 is 6.79. The van der Waals surface area contributed by atoms with Crippen LogP contribution in [0.2, 0.25) is 0 Å². The monoisotopic (exact) mass is 367 g/mol. The van der Waals surface area contributed by atoms with E-state index in [0.717, 1.165) is 15.8 Å². The number of aromatic amines is 1. The average molecular weight is 367 g/mol. The second kappa shape index (κ2) is 6.58. The number of fused-ring (bicyclic) bond motifs is 1. The third kappa shape index (κ3) is 3.21. The highest BCUT2D eigenvalue weighted by molar-refractivity contribution is 7.71. The summed E-state index contributed by atoms with van der Waals surface area (Å²) in [4.78, 5) is 17.8. The molecule has 0 spiro atoms. The van der Waals surface area contributed by atoms with Gasteiger partial charge < -0.3 is 5.32 Å². The number of H-pyrrole nitrogens is 1. The number of benzene rings is 1. The summed E-state index contributed by atoms with van der Waals surface area (Å²) in [6.07, 6.45) is 0. The Morgan fingerprint density at radius 2 is 2.08 bits per heavy atom. The molecule has 3 aromatic heterocycles. The van der Waals surface area contributed by atoms with Gasteiger partial charge in [0.25, 0.3) is 0 Å². The Morgan fingerprint density at radius 1 is 1.20 bits per heavy atom. The first-order valence-corrected chi connectivity index (χ1v) is 8.84. The lowest BCUT2D eigenvalue weighted by molar-refractivity contribution is -0.116. The molecule has 4 aromatic rings. The number of carbonyl (C=O) groups is 1. The molecule has 0 saturated heterocycles. The highest BCUT2D eigenvalue weighted by Gasteiger charge is 2.13. The van der Waals surface area contributed by atoms with Gasteiger partial charge in [-0.15, -0.1) is 11.3 Å². The van der Waals surface area contributed by atoms with Crippen molar-refractivity contribution in [3.05, 3.63) is 58.7 Å². The van der Waals surface area contributed by atoms with Crippen LogP contribution in [0.4, 0.5) is 5.82 Å². The number of pyridine rings is 1. The number of hydrogen-bond donors (Lipinski definition) is 2. The average Bonchev–Trinajstić information content (AvgIpc) is 3.25. The Bertz CT molecular complexity index is 1100. The van der Waals surface area contributed by atoms with Crippen molar-refractivity contribution in [3.8, 4) is 10.7 Å². The van der Waals surface area contributed by atoms with E-state index in [4.69, 9.17) is 12.2 Å². The molecule has 0 aliphatic rings. The molecule has 1 amide bonds. The summed E-state index contributed by atoms with van der Waals surface area (Å²) in [6.45, 7) is 0.0665. The number of amides is 1. The van der Waals surface area contributed by atoms with Crippen LogP contribution in [0, 0.1) is 4.77 Å². The lowest BCUT2D eigenvalue weighted by Gasteiger charge is -2.07. The lowest BCUT2D eigenvalue weighted by atomic mass is 10.2. The molecule has 8 heteroatoms. The van der Waals surface area contributed by atoms with E-state index in [1.165, 1.54) is 0 Å². The molecule has 0 radical (unpaired) electrons. The number of hydrogen-bond acceptors (Lipinski definition) is 5. The van der Waals surface area contributed by atoms with Gasteiger partial charge in [0.15, 0.2) is 10.6 Å². The van der Waals surface area contributed by atoms with E-state index < -0.39 is 0 Å². The molecule has 0 bridgehead atoms. The van der Waals surface area contributed by atoms with Crippen LogP contribution in [0.5, 0.6) is 0 Å². The maximum Gasteiger partial charge on any atom is 0.245 e. The molecule has 3 heterocycles. The van der Waals surface area contributed by atoms with Gasteiger partial charge in [0.1, 0.15) is 12.4 Å². The normalized spacial score (nSPS) is 10.9. The van der Waals surface area contributed by atoms with Gasteiger partial charge in [-0.25, -0.2) is 4.98 Å². The van der Waals surface area contributed by atoms with Crippen molar-refractivity contribution < 1.29 is 4.79 Å². The fraction of sp³-hybridized carbons (Fsp3) is 0.0588. The number of nitrogens with zero attached hydrogens (tertiary/aromatic N) is 3. The minimum atomic E-state index is -0.210. The summed E-state index contributed by atoms with van der Waals surface area (Å²) in [5.41, 5.74) is 0.833. The van der Waals surface area contributed by atoms with Crippen LogP contribution in [0.25, 0.3) is 21.6 Å². The fourth-order valence-corrected chi connectivity index (χ4v) is 3.44. The molecular weight excluding hydrogens is 354 g/mol. The Balaban J connectivity index is 1.56. The fourth-order valence-electron chi connectivity index (χ4n) is 2.52. The molecule has 6 nitrogen and oxygen atoms in total. The van der Waals surface area contributed by atoms with Gasteiger partial charge in [-0.2, -0.15) is 5.10 Å². The summed E-state index contributed by atoms with van der Waals surface area (Å²) in [5.74, 6) is 0.955. The van der Waals surface area contributed by atoms with Crippen molar-refractivity contribution >= 4 is 46.2 Å². The minimum absolute atomic E-state index is 0.0665. The van der Waals surface area contributed by atoms with E-state index >= 15 is 0 Å². The van der Waals surface area contributed by atoms with E-state index in [-0.39, 0.29) is 12.5 Å². The standard InChI is InChI=1S/C17H13N5OS2/c23-15(19-14-8-7-11-4-1-2-5-12(11)18-14)10-22-16(20-21-17(22)24)13-6-3-9-25-13/h1-9H,10H2,(H,21,24)(H,18,19,23). The second-order valence-corrected chi connectivity index (χ2v) is 6.69. The number of thiophene rings is 1. The molecule has 0 fully saturated rings. The van der Waals surface area contributed by atoms with Crippen LogP contribution in [-0.2, 0) is 11.3 Å². The van der Waals surface area contributed by atoms with E-state index in [0.29, 0.717) is 16.4 Å². The topological polar surface area (TPSA) is 75.6 Å². The predicted molar refractivity (Wildman–Crippen MR) is 101 cm³/mol. The first-order valence-electron chi connectivity index (χ1n) is 7.55. The third-order valence-electron chi connectivity index (χ3n) is 3.67. The molecule has 0 atom stereocenters. The number of para-hydroxylation sites is 1. The van der Waals surface area contributed by atoms with Gasteiger partial charge in [0.2, 0.25) is 5.91 Å². The zero-order chi connectivity index (χ0) is 17.2. The highest BCUT2D eigenvalue weighted by Crippen LogP contribution is 2.22. The van der Waals surface area contributed by atoms with E-state index in [9.17, 15) is 4.79 Å². The Labute approximate surface area is 152 Å². The van der Waals surface area contributed by atoms with Crippen LogP contribution < -0.4 is 5.32 Å². The molecule has 0 aliphatic carbocycles. The number of anilines is 1. The molecule has 124 valence electrons. The summed E-state index contributed by atoms with van der Waals surface area (Å²) < 4.78 is 2.09. The van der Waals surface area contributed by atoms with E-state index in [1.807, 2.05) is 47.8 Å². The van der Waals surface area contributed by atoms with Crippen LogP contribution in [0.3, 0.4) is 0 Å². The van der Waals surface area contributed by atoms with E-state index in [2.05, 4.69) is 20.5 Å². The Hall–Kier alpha value is -2.84. The van der Waals surface area contributed by atoms with Gasteiger partial charge >= 0.3 is 0 Å². The SMILES string of the molecule is O=C(Cn1c(-c2cccs2)n[nH]c1=S)Nc1ccc2ccccc2n1. The first kappa shape index (κ1) is 15.7. The van der Waals surface area contributed by atoms with Crippen molar-refractivity contribution in [1.82, 2.24) is 19.7 Å². The molecular formula is C17H13N5OS2. The second-order valence-electron chi connectivity index (χ2n) is 5.35. The Morgan fingerprint density at radius 3 is 2.92 bits per heavy atom. The van der Waals surface area contributed by atoms with Crippen LogP contribution in [0.1, 0.15) is 0 Å². The van der Waals surface area contributed by atoms with Crippen molar-refractivity contribution in [2.45, 2.75) is 6.54 Å². The largest absolute Gasteiger partial charge is 0.309 e. The molecule has 4 rings (SSSR count). The molecule has 1 aromatic carbocycles. The molecule has 0 aliphatic heterocycles. The zero-order valence-corrected chi connectivity index (χ0v) is 14.6.